The number of ether oxygens (including phenoxy) is 2. The summed E-state index contributed by atoms with van der Waals surface area (Å²) in [6.07, 6.45) is 0. The van der Waals surface area contributed by atoms with E-state index in [1.54, 1.807) is 49.4 Å². The van der Waals surface area contributed by atoms with Gasteiger partial charge in [-0.15, -0.1) is 4.57 Å². The lowest BCUT2D eigenvalue weighted by Gasteiger charge is -2.12. The van der Waals surface area contributed by atoms with Crippen LogP contribution in [-0.4, -0.2) is 22.1 Å². The zero-order valence-corrected chi connectivity index (χ0v) is 18.2. The van der Waals surface area contributed by atoms with Crippen molar-refractivity contribution in [3.05, 3.63) is 87.0 Å². The molecule has 0 spiro atoms. The molecule has 4 rings (SSSR count). The summed E-state index contributed by atoms with van der Waals surface area (Å²) in [5.74, 6) is 1.24. The number of benzene rings is 2. The number of carbonyl (C=O) groups is 1. The van der Waals surface area contributed by atoms with Crippen molar-refractivity contribution in [3.8, 4) is 11.5 Å². The third kappa shape index (κ3) is 4.92. The Hall–Kier alpha value is -3.78. The van der Waals surface area contributed by atoms with Crippen LogP contribution in [-0.2, 0) is 11.4 Å². The van der Waals surface area contributed by atoms with Gasteiger partial charge in [-0.1, -0.05) is 29.8 Å². The second kappa shape index (κ2) is 9.15. The van der Waals surface area contributed by atoms with Gasteiger partial charge in [-0.05, 0) is 37.6 Å². The van der Waals surface area contributed by atoms with Crippen LogP contribution in [0, 0.1) is 13.8 Å². The molecule has 2 heterocycles. The maximum atomic E-state index is 12.3. The van der Waals surface area contributed by atoms with Gasteiger partial charge in [-0.25, -0.2) is 4.98 Å². The monoisotopic (exact) mass is 453 g/mol. The molecule has 1 amide bonds. The van der Waals surface area contributed by atoms with Gasteiger partial charge in [-0.3, -0.25) is 9.59 Å². The summed E-state index contributed by atoms with van der Waals surface area (Å²) in [6.45, 7) is 3.52. The largest absolute Gasteiger partial charge is 0.487 e. The Morgan fingerprint density at radius 1 is 1.09 bits per heavy atom. The molecule has 0 bridgehead atoms. The van der Waals surface area contributed by atoms with Gasteiger partial charge in [0.25, 0.3) is 11.5 Å². The average Bonchev–Trinajstić information content (AvgIpc) is 3.14. The van der Waals surface area contributed by atoms with Gasteiger partial charge in [-0.2, -0.15) is 0 Å². The van der Waals surface area contributed by atoms with E-state index in [4.69, 9.17) is 25.6 Å². The molecule has 0 aliphatic carbocycles. The van der Waals surface area contributed by atoms with Crippen molar-refractivity contribution in [3.63, 3.8) is 0 Å². The van der Waals surface area contributed by atoms with Crippen LogP contribution in [0.25, 0.3) is 5.65 Å². The number of hydrogen-bond acceptors (Lipinski definition) is 6. The van der Waals surface area contributed by atoms with Crippen LogP contribution >= 0.6 is 11.6 Å². The first kappa shape index (κ1) is 21.5. The lowest BCUT2D eigenvalue weighted by molar-refractivity contribution is -0.118. The fourth-order valence-electron chi connectivity index (χ4n) is 3.03. The number of para-hydroxylation sites is 1. The number of amides is 1. The average molecular weight is 454 g/mol. The Bertz CT molecular complexity index is 1350. The number of aromatic nitrogens is 2. The Morgan fingerprint density at radius 3 is 2.72 bits per heavy atom. The highest BCUT2D eigenvalue weighted by Crippen LogP contribution is 2.25. The van der Waals surface area contributed by atoms with Crippen molar-refractivity contribution < 1.29 is 18.8 Å². The summed E-state index contributed by atoms with van der Waals surface area (Å²) < 4.78 is 17.7. The minimum absolute atomic E-state index is 0.0871. The first-order valence-electron chi connectivity index (χ1n) is 9.79. The smallest absolute Gasteiger partial charge is 0.287 e. The minimum atomic E-state index is -0.338. The van der Waals surface area contributed by atoms with E-state index in [2.05, 4.69) is 10.3 Å². The van der Waals surface area contributed by atoms with Crippen LogP contribution in [0.3, 0.4) is 0 Å². The number of halogens is 1. The van der Waals surface area contributed by atoms with E-state index < -0.39 is 0 Å². The first-order valence-corrected chi connectivity index (χ1v) is 10.2. The van der Waals surface area contributed by atoms with Gasteiger partial charge in [0.1, 0.15) is 23.9 Å². The van der Waals surface area contributed by atoms with E-state index >= 15 is 0 Å². The van der Waals surface area contributed by atoms with E-state index in [0.29, 0.717) is 39.3 Å². The van der Waals surface area contributed by atoms with Crippen molar-refractivity contribution in [1.29, 1.82) is 0 Å². The number of carbonyl (C=O) groups excluding carboxylic acids is 1. The molecule has 0 saturated heterocycles. The Balaban J connectivity index is 1.41. The summed E-state index contributed by atoms with van der Waals surface area (Å²) >= 11 is 6.03. The molecule has 1 N–H and O–H groups in total. The Kier molecular flexibility index (Phi) is 6.13. The highest BCUT2D eigenvalue weighted by molar-refractivity contribution is 6.32. The molecule has 8 nitrogen and oxygen atoms in total. The zero-order valence-electron chi connectivity index (χ0n) is 17.4. The topological polar surface area (TPSA) is 95.1 Å². The van der Waals surface area contributed by atoms with Crippen LogP contribution < -0.4 is 20.3 Å². The molecule has 4 aromatic rings. The fraction of sp³-hybridized carbons (Fsp3) is 0.174. The number of nitrogens with zero attached hydrogens (tertiary/aromatic N) is 2. The third-order valence-corrected chi connectivity index (χ3v) is 4.88. The van der Waals surface area contributed by atoms with E-state index in [1.807, 2.05) is 13.0 Å². The number of hydrogen-bond donors (Lipinski definition) is 1. The second-order valence-electron chi connectivity index (χ2n) is 7.12. The van der Waals surface area contributed by atoms with Crippen molar-refractivity contribution in [2.75, 3.05) is 11.9 Å². The molecule has 0 saturated carbocycles. The zero-order chi connectivity index (χ0) is 22.7. The number of fused-ring (bicyclic) bond motifs is 1. The molecule has 0 fully saturated rings. The van der Waals surface area contributed by atoms with Gasteiger partial charge in [0.15, 0.2) is 12.3 Å². The summed E-state index contributed by atoms with van der Waals surface area (Å²) in [4.78, 5) is 28.8. The highest BCUT2D eigenvalue weighted by atomic mass is 35.5. The molecule has 0 aliphatic heterocycles. The molecule has 9 heteroatoms. The van der Waals surface area contributed by atoms with Crippen LogP contribution in [0.5, 0.6) is 11.5 Å². The number of rotatable bonds is 7. The molecular weight excluding hydrogens is 434 g/mol. The van der Waals surface area contributed by atoms with Gasteiger partial charge in [0.2, 0.25) is 0 Å². The molecule has 0 unspecified atom stereocenters. The standard InChI is InChI=1S/C23H20ClN3O5/c1-14-7-8-16(26-22(28)13-31-19-6-4-3-5-18(19)24)10-20(14)30-12-17-11-23(29)27-21(25-17)9-15(2)32-27/h3-11H,12-13H2,1-2H3,(H,26,28). The van der Waals surface area contributed by atoms with Gasteiger partial charge in [0.05, 0.1) is 10.7 Å². The van der Waals surface area contributed by atoms with Gasteiger partial charge in [0, 0.05) is 23.9 Å². The first-order chi connectivity index (χ1) is 15.4. The maximum absolute atomic E-state index is 12.3. The number of anilines is 1. The molecule has 164 valence electrons. The molecular formula is C23H20ClN3O5. The highest BCUT2D eigenvalue weighted by Gasteiger charge is 2.10. The van der Waals surface area contributed by atoms with E-state index in [1.165, 1.54) is 6.07 Å². The normalized spacial score (nSPS) is 10.8. The third-order valence-electron chi connectivity index (χ3n) is 4.57. The van der Waals surface area contributed by atoms with Crippen molar-refractivity contribution in [1.82, 2.24) is 9.56 Å². The van der Waals surface area contributed by atoms with Crippen molar-refractivity contribution in [2.45, 2.75) is 20.5 Å². The lowest BCUT2D eigenvalue weighted by atomic mass is 10.2. The Labute approximate surface area is 188 Å². The number of nitrogens with one attached hydrogen (secondary N) is 1. The van der Waals surface area contributed by atoms with Gasteiger partial charge >= 0.3 is 0 Å². The van der Waals surface area contributed by atoms with E-state index in [0.717, 1.165) is 10.1 Å². The van der Waals surface area contributed by atoms with Crippen LogP contribution in [0.1, 0.15) is 17.0 Å². The molecule has 0 atom stereocenters. The molecule has 2 aromatic carbocycles. The number of aryl methyl sites for hydroxylation is 2. The summed E-state index contributed by atoms with van der Waals surface area (Å²) in [7, 11) is 0. The fourth-order valence-corrected chi connectivity index (χ4v) is 3.23. The predicted molar refractivity (Wildman–Crippen MR) is 120 cm³/mol. The minimum Gasteiger partial charge on any atom is -0.487 e. The van der Waals surface area contributed by atoms with Crippen molar-refractivity contribution in [2.24, 2.45) is 0 Å². The van der Waals surface area contributed by atoms with E-state index in [9.17, 15) is 9.59 Å². The predicted octanol–water partition coefficient (Wildman–Crippen LogP) is 4.15. The second-order valence-corrected chi connectivity index (χ2v) is 7.53. The summed E-state index contributed by atoms with van der Waals surface area (Å²) in [5.41, 5.74) is 1.99. The van der Waals surface area contributed by atoms with Crippen molar-refractivity contribution >= 4 is 28.8 Å². The lowest BCUT2D eigenvalue weighted by Crippen LogP contribution is -2.20. The molecule has 32 heavy (non-hydrogen) atoms. The van der Waals surface area contributed by atoms with Gasteiger partial charge < -0.3 is 19.3 Å². The summed E-state index contributed by atoms with van der Waals surface area (Å²) in [5, 5.41) is 3.20. The van der Waals surface area contributed by atoms with E-state index in [-0.39, 0.29) is 24.7 Å². The quantitative estimate of drug-likeness (QED) is 0.451. The Morgan fingerprint density at radius 2 is 1.91 bits per heavy atom. The molecule has 2 aromatic heterocycles. The maximum Gasteiger partial charge on any atom is 0.287 e. The SMILES string of the molecule is Cc1cc2nc(COc3cc(NC(=O)COc4ccccc4Cl)ccc3C)cc(=O)n2o1. The molecule has 0 radical (unpaired) electrons. The molecule has 0 aliphatic rings. The van der Waals surface area contributed by atoms with Crippen LogP contribution in [0.4, 0.5) is 5.69 Å². The summed E-state index contributed by atoms with van der Waals surface area (Å²) in [6, 6.07) is 15.3. The van der Waals surface area contributed by atoms with Crippen LogP contribution in [0.2, 0.25) is 5.02 Å². The van der Waals surface area contributed by atoms with Crippen LogP contribution in [0.15, 0.2) is 63.9 Å².